The second-order valence-corrected chi connectivity index (χ2v) is 3.83. The van der Waals surface area contributed by atoms with E-state index in [9.17, 15) is 14.4 Å². The minimum Gasteiger partial charge on any atom is -0.455 e. The van der Waals surface area contributed by atoms with Gasteiger partial charge in [0.05, 0.1) is 12.5 Å². The molecule has 1 aliphatic carbocycles. The first-order chi connectivity index (χ1) is 8.09. The van der Waals surface area contributed by atoms with Gasteiger partial charge in [-0.3, -0.25) is 14.4 Å². The Morgan fingerprint density at radius 3 is 2.71 bits per heavy atom. The van der Waals surface area contributed by atoms with Crippen LogP contribution in [0.2, 0.25) is 0 Å². The molecule has 94 valence electrons. The van der Waals surface area contributed by atoms with Crippen LogP contribution in [0.4, 0.5) is 0 Å². The fourth-order valence-corrected chi connectivity index (χ4v) is 1.50. The SMILES string of the molecule is NC(=O)CNC(=O)COC(=O)[C@@H]1CC=CCC1. The molecule has 1 atom stereocenters. The zero-order valence-electron chi connectivity index (χ0n) is 9.48. The van der Waals surface area contributed by atoms with Gasteiger partial charge in [-0.2, -0.15) is 0 Å². The van der Waals surface area contributed by atoms with Crippen LogP contribution in [0.25, 0.3) is 0 Å². The highest BCUT2D eigenvalue weighted by molar-refractivity contribution is 5.85. The van der Waals surface area contributed by atoms with Gasteiger partial charge in [0, 0.05) is 0 Å². The largest absolute Gasteiger partial charge is 0.455 e. The summed E-state index contributed by atoms with van der Waals surface area (Å²) in [7, 11) is 0. The van der Waals surface area contributed by atoms with E-state index in [4.69, 9.17) is 10.5 Å². The van der Waals surface area contributed by atoms with Gasteiger partial charge in [0.1, 0.15) is 0 Å². The van der Waals surface area contributed by atoms with Gasteiger partial charge in [0.25, 0.3) is 5.91 Å². The van der Waals surface area contributed by atoms with Gasteiger partial charge in [0.2, 0.25) is 5.91 Å². The van der Waals surface area contributed by atoms with Crippen molar-refractivity contribution >= 4 is 17.8 Å². The molecular weight excluding hydrogens is 224 g/mol. The van der Waals surface area contributed by atoms with Gasteiger partial charge in [0.15, 0.2) is 6.61 Å². The number of primary amides is 1. The van der Waals surface area contributed by atoms with Gasteiger partial charge < -0.3 is 15.8 Å². The average Bonchev–Trinajstić information content (AvgIpc) is 2.34. The van der Waals surface area contributed by atoms with Gasteiger partial charge in [-0.25, -0.2) is 0 Å². The molecule has 0 aromatic rings. The topological polar surface area (TPSA) is 98.5 Å². The van der Waals surface area contributed by atoms with Crippen LogP contribution in [0, 0.1) is 5.92 Å². The van der Waals surface area contributed by atoms with Crippen LogP contribution in [-0.2, 0) is 19.1 Å². The molecule has 0 aromatic carbocycles. The molecule has 0 saturated carbocycles. The number of carbonyl (C=O) groups is 3. The second-order valence-electron chi connectivity index (χ2n) is 3.83. The first-order valence-corrected chi connectivity index (χ1v) is 5.46. The summed E-state index contributed by atoms with van der Waals surface area (Å²) in [6.07, 6.45) is 6.21. The van der Waals surface area contributed by atoms with E-state index in [2.05, 4.69) is 5.32 Å². The van der Waals surface area contributed by atoms with Gasteiger partial charge in [-0.05, 0) is 19.3 Å². The zero-order chi connectivity index (χ0) is 12.7. The highest BCUT2D eigenvalue weighted by Crippen LogP contribution is 2.19. The minimum atomic E-state index is -0.637. The molecule has 0 bridgehead atoms. The van der Waals surface area contributed by atoms with Crippen molar-refractivity contribution in [3.63, 3.8) is 0 Å². The van der Waals surface area contributed by atoms with E-state index < -0.39 is 11.8 Å². The molecule has 3 N–H and O–H groups in total. The Morgan fingerprint density at radius 1 is 1.35 bits per heavy atom. The first kappa shape index (κ1) is 13.2. The smallest absolute Gasteiger partial charge is 0.309 e. The normalized spacial score (nSPS) is 18.5. The molecule has 2 amide bonds. The molecule has 0 aromatic heterocycles. The summed E-state index contributed by atoms with van der Waals surface area (Å²) < 4.78 is 4.84. The van der Waals surface area contributed by atoms with E-state index in [-0.39, 0.29) is 25.0 Å². The van der Waals surface area contributed by atoms with E-state index in [1.807, 2.05) is 12.2 Å². The standard InChI is InChI=1S/C11H16N2O4/c12-9(14)6-13-10(15)7-17-11(16)8-4-2-1-3-5-8/h1-2,8H,3-7H2,(H2,12,14)(H,13,15)/t8-/m1/s1. The lowest BCUT2D eigenvalue weighted by Crippen LogP contribution is -2.36. The third-order valence-electron chi connectivity index (χ3n) is 2.41. The number of carbonyl (C=O) groups excluding carboxylic acids is 3. The average molecular weight is 240 g/mol. The maximum Gasteiger partial charge on any atom is 0.309 e. The van der Waals surface area contributed by atoms with Gasteiger partial charge >= 0.3 is 5.97 Å². The van der Waals surface area contributed by atoms with Crippen molar-refractivity contribution in [2.24, 2.45) is 11.7 Å². The molecule has 0 fully saturated rings. The van der Waals surface area contributed by atoms with Crippen LogP contribution in [-0.4, -0.2) is 30.9 Å². The zero-order valence-corrected chi connectivity index (χ0v) is 9.48. The lowest BCUT2D eigenvalue weighted by Gasteiger charge is -2.16. The van der Waals surface area contributed by atoms with E-state index in [1.165, 1.54) is 0 Å². The van der Waals surface area contributed by atoms with Crippen LogP contribution in [0.1, 0.15) is 19.3 Å². The summed E-state index contributed by atoms with van der Waals surface area (Å²) in [5.41, 5.74) is 4.84. The molecule has 6 nitrogen and oxygen atoms in total. The summed E-state index contributed by atoms with van der Waals surface area (Å²) in [4.78, 5) is 33.0. The third kappa shape index (κ3) is 5.14. The predicted octanol–water partition coefficient (Wildman–Crippen LogP) is -0.513. The molecule has 17 heavy (non-hydrogen) atoms. The highest BCUT2D eigenvalue weighted by Gasteiger charge is 2.20. The van der Waals surface area contributed by atoms with Crippen molar-refractivity contribution in [1.82, 2.24) is 5.32 Å². The van der Waals surface area contributed by atoms with Crippen molar-refractivity contribution < 1.29 is 19.1 Å². The molecular formula is C11H16N2O4. The highest BCUT2D eigenvalue weighted by atomic mass is 16.5. The number of hydrogen-bond donors (Lipinski definition) is 2. The van der Waals surface area contributed by atoms with E-state index in [1.54, 1.807) is 0 Å². The summed E-state index contributed by atoms with van der Waals surface area (Å²) in [6, 6.07) is 0. The monoisotopic (exact) mass is 240 g/mol. The lowest BCUT2D eigenvalue weighted by atomic mass is 9.95. The Morgan fingerprint density at radius 2 is 2.12 bits per heavy atom. The molecule has 0 saturated heterocycles. The number of nitrogens with one attached hydrogen (secondary N) is 1. The van der Waals surface area contributed by atoms with Crippen molar-refractivity contribution in [3.8, 4) is 0 Å². The Labute approximate surface area is 99.2 Å². The number of hydrogen-bond acceptors (Lipinski definition) is 4. The maximum atomic E-state index is 11.5. The van der Waals surface area contributed by atoms with Gasteiger partial charge in [-0.1, -0.05) is 12.2 Å². The Kier molecular flexibility index (Phi) is 5.19. The molecule has 1 rings (SSSR count). The number of ether oxygens (including phenoxy) is 1. The quantitative estimate of drug-likeness (QED) is 0.499. The molecule has 0 unspecified atom stereocenters. The van der Waals surface area contributed by atoms with E-state index in [0.717, 1.165) is 12.8 Å². The summed E-state index contributed by atoms with van der Waals surface area (Å²) in [5.74, 6) is -1.70. The van der Waals surface area contributed by atoms with Crippen molar-refractivity contribution in [2.45, 2.75) is 19.3 Å². The summed E-state index contributed by atoms with van der Waals surface area (Å²) in [6.45, 7) is -0.616. The fraction of sp³-hybridized carbons (Fsp3) is 0.545. The number of amides is 2. The summed E-state index contributed by atoms with van der Waals surface area (Å²) >= 11 is 0. The van der Waals surface area contributed by atoms with Crippen LogP contribution in [0.5, 0.6) is 0 Å². The fourth-order valence-electron chi connectivity index (χ4n) is 1.50. The van der Waals surface area contributed by atoms with Crippen molar-refractivity contribution in [3.05, 3.63) is 12.2 Å². The van der Waals surface area contributed by atoms with Crippen molar-refractivity contribution in [1.29, 1.82) is 0 Å². The Bertz CT molecular complexity index is 338. The van der Waals surface area contributed by atoms with E-state index >= 15 is 0 Å². The number of rotatable bonds is 5. The first-order valence-electron chi connectivity index (χ1n) is 5.46. The summed E-state index contributed by atoms with van der Waals surface area (Å²) in [5, 5.41) is 2.24. The third-order valence-corrected chi connectivity index (χ3v) is 2.41. The van der Waals surface area contributed by atoms with E-state index in [0.29, 0.717) is 6.42 Å². The van der Waals surface area contributed by atoms with Crippen molar-refractivity contribution in [2.75, 3.05) is 13.2 Å². The maximum absolute atomic E-state index is 11.5. The predicted molar refractivity (Wildman–Crippen MR) is 59.6 cm³/mol. The van der Waals surface area contributed by atoms with Gasteiger partial charge in [-0.15, -0.1) is 0 Å². The number of allylic oxidation sites excluding steroid dienone is 2. The van der Waals surface area contributed by atoms with Crippen LogP contribution in [0.15, 0.2) is 12.2 Å². The van der Waals surface area contributed by atoms with Crippen LogP contribution in [0.3, 0.4) is 0 Å². The molecule has 0 spiro atoms. The second kappa shape index (κ2) is 6.67. The molecule has 0 radical (unpaired) electrons. The molecule has 6 heteroatoms. The Hall–Kier alpha value is -1.85. The van der Waals surface area contributed by atoms with Crippen LogP contribution < -0.4 is 11.1 Å². The lowest BCUT2D eigenvalue weighted by molar-refractivity contribution is -0.152. The van der Waals surface area contributed by atoms with Crippen LogP contribution >= 0.6 is 0 Å². The molecule has 0 aliphatic heterocycles. The Balaban J connectivity index is 2.20. The molecule has 1 aliphatic rings. The number of nitrogens with two attached hydrogens (primary N) is 1. The number of esters is 1. The minimum absolute atomic E-state index is 0.163. The molecule has 0 heterocycles.